The Morgan fingerprint density at radius 3 is 2.44 bits per heavy atom. The Bertz CT molecular complexity index is 324. The van der Waals surface area contributed by atoms with Gasteiger partial charge in [0.25, 0.3) is 0 Å². The maximum Gasteiger partial charge on any atom is 0.313 e. The smallest absolute Gasteiger partial charge is 0.313 e. The van der Waals surface area contributed by atoms with E-state index in [0.29, 0.717) is 18.8 Å². The summed E-state index contributed by atoms with van der Waals surface area (Å²) >= 11 is 0. The van der Waals surface area contributed by atoms with E-state index in [9.17, 15) is 14.7 Å². The van der Waals surface area contributed by atoms with Gasteiger partial charge in [-0.3, -0.25) is 9.59 Å². The first-order valence-electron chi connectivity index (χ1n) is 6.71. The SMILES string of the molecule is CC(=O)OC1CCCC1(C(=O)O)C(C)CC(C)C. The fourth-order valence-corrected chi connectivity index (χ4v) is 3.30. The number of hydrogen-bond acceptors (Lipinski definition) is 3. The van der Waals surface area contributed by atoms with Gasteiger partial charge in [0.1, 0.15) is 11.5 Å². The minimum Gasteiger partial charge on any atom is -0.481 e. The van der Waals surface area contributed by atoms with Crippen LogP contribution >= 0.6 is 0 Å². The lowest BCUT2D eigenvalue weighted by atomic mass is 9.70. The second-order valence-electron chi connectivity index (χ2n) is 5.87. The topological polar surface area (TPSA) is 63.6 Å². The van der Waals surface area contributed by atoms with Gasteiger partial charge in [-0.2, -0.15) is 0 Å². The van der Waals surface area contributed by atoms with Crippen LogP contribution in [0.2, 0.25) is 0 Å². The number of rotatable bonds is 5. The van der Waals surface area contributed by atoms with Crippen molar-refractivity contribution in [1.82, 2.24) is 0 Å². The number of aliphatic carboxylic acids is 1. The highest BCUT2D eigenvalue weighted by Gasteiger charge is 2.54. The number of carboxylic acids is 1. The van der Waals surface area contributed by atoms with Crippen molar-refractivity contribution in [2.45, 2.75) is 59.5 Å². The van der Waals surface area contributed by atoms with Crippen molar-refractivity contribution in [3.8, 4) is 0 Å². The Morgan fingerprint density at radius 1 is 1.39 bits per heavy atom. The van der Waals surface area contributed by atoms with E-state index in [1.54, 1.807) is 0 Å². The van der Waals surface area contributed by atoms with Gasteiger partial charge < -0.3 is 9.84 Å². The molecule has 18 heavy (non-hydrogen) atoms. The lowest BCUT2D eigenvalue weighted by molar-refractivity contribution is -0.170. The zero-order valence-corrected chi connectivity index (χ0v) is 11.7. The molecule has 0 amide bonds. The molecule has 0 radical (unpaired) electrons. The minimum atomic E-state index is -0.893. The highest BCUT2D eigenvalue weighted by atomic mass is 16.5. The fourth-order valence-electron chi connectivity index (χ4n) is 3.30. The summed E-state index contributed by atoms with van der Waals surface area (Å²) in [7, 11) is 0. The molecule has 1 saturated carbocycles. The molecule has 0 heterocycles. The molecule has 1 N–H and O–H groups in total. The molecule has 4 heteroatoms. The first-order chi connectivity index (χ1) is 8.30. The molecule has 1 aliphatic carbocycles. The summed E-state index contributed by atoms with van der Waals surface area (Å²) in [5.41, 5.74) is -0.893. The number of hydrogen-bond donors (Lipinski definition) is 1. The molecule has 0 aromatic rings. The summed E-state index contributed by atoms with van der Waals surface area (Å²) in [6, 6.07) is 0. The predicted molar refractivity (Wildman–Crippen MR) is 68.1 cm³/mol. The Balaban J connectivity index is 2.97. The van der Waals surface area contributed by atoms with Crippen LogP contribution < -0.4 is 0 Å². The molecule has 3 unspecified atom stereocenters. The summed E-state index contributed by atoms with van der Waals surface area (Å²) in [4.78, 5) is 22.9. The number of ether oxygens (including phenoxy) is 1. The predicted octanol–water partition coefficient (Wildman–Crippen LogP) is 2.86. The minimum absolute atomic E-state index is 0.0156. The molecule has 0 aromatic heterocycles. The Labute approximate surface area is 109 Å². The highest BCUT2D eigenvalue weighted by Crippen LogP contribution is 2.48. The van der Waals surface area contributed by atoms with Crippen molar-refractivity contribution < 1.29 is 19.4 Å². The Hall–Kier alpha value is -1.06. The third-order valence-corrected chi connectivity index (χ3v) is 4.04. The van der Waals surface area contributed by atoms with Gasteiger partial charge in [0.15, 0.2) is 0 Å². The van der Waals surface area contributed by atoms with Crippen molar-refractivity contribution in [1.29, 1.82) is 0 Å². The molecule has 1 fully saturated rings. The Kier molecular flexibility index (Phi) is 4.77. The van der Waals surface area contributed by atoms with E-state index in [1.165, 1.54) is 6.92 Å². The number of carbonyl (C=O) groups excluding carboxylic acids is 1. The van der Waals surface area contributed by atoms with Crippen LogP contribution in [-0.4, -0.2) is 23.1 Å². The van der Waals surface area contributed by atoms with E-state index < -0.39 is 17.5 Å². The molecule has 0 aliphatic heterocycles. The summed E-state index contributed by atoms with van der Waals surface area (Å²) in [5.74, 6) is -0.750. The van der Waals surface area contributed by atoms with Crippen LogP contribution in [0.4, 0.5) is 0 Å². The van der Waals surface area contributed by atoms with Crippen molar-refractivity contribution in [3.05, 3.63) is 0 Å². The van der Waals surface area contributed by atoms with Crippen molar-refractivity contribution in [3.63, 3.8) is 0 Å². The van der Waals surface area contributed by atoms with Crippen LogP contribution in [0.25, 0.3) is 0 Å². The van der Waals surface area contributed by atoms with Gasteiger partial charge in [0.2, 0.25) is 0 Å². The molecule has 0 saturated heterocycles. The standard InChI is InChI=1S/C14H24O4/c1-9(2)8-10(3)14(13(16)17)7-5-6-12(14)18-11(4)15/h9-10,12H,5-8H2,1-4H3,(H,16,17). The van der Waals surface area contributed by atoms with E-state index in [4.69, 9.17) is 4.74 Å². The first kappa shape index (κ1) is 15.0. The van der Waals surface area contributed by atoms with Gasteiger partial charge in [0, 0.05) is 6.92 Å². The van der Waals surface area contributed by atoms with Crippen LogP contribution in [0.3, 0.4) is 0 Å². The van der Waals surface area contributed by atoms with Crippen molar-refractivity contribution >= 4 is 11.9 Å². The number of carboxylic acid groups (broad SMARTS) is 1. The second kappa shape index (κ2) is 5.72. The molecular formula is C14H24O4. The van der Waals surface area contributed by atoms with Gasteiger partial charge >= 0.3 is 11.9 Å². The van der Waals surface area contributed by atoms with Gasteiger partial charge in [-0.05, 0) is 37.5 Å². The molecule has 1 rings (SSSR count). The average Bonchev–Trinajstić information content (AvgIpc) is 2.60. The number of esters is 1. The molecule has 3 atom stereocenters. The second-order valence-corrected chi connectivity index (χ2v) is 5.87. The van der Waals surface area contributed by atoms with Crippen LogP contribution in [0.15, 0.2) is 0 Å². The average molecular weight is 256 g/mol. The zero-order chi connectivity index (χ0) is 13.9. The number of carbonyl (C=O) groups is 2. The van der Waals surface area contributed by atoms with E-state index in [0.717, 1.165) is 12.8 Å². The lowest BCUT2D eigenvalue weighted by Crippen LogP contribution is -2.46. The molecule has 0 aromatic carbocycles. The molecule has 104 valence electrons. The maximum atomic E-state index is 11.7. The van der Waals surface area contributed by atoms with E-state index in [1.807, 2.05) is 6.92 Å². The van der Waals surface area contributed by atoms with Crippen molar-refractivity contribution in [2.24, 2.45) is 17.3 Å². The van der Waals surface area contributed by atoms with Crippen LogP contribution in [-0.2, 0) is 14.3 Å². The highest BCUT2D eigenvalue weighted by molar-refractivity contribution is 5.77. The quantitative estimate of drug-likeness (QED) is 0.768. The molecule has 0 bridgehead atoms. The summed E-state index contributed by atoms with van der Waals surface area (Å²) in [5, 5.41) is 9.64. The van der Waals surface area contributed by atoms with Gasteiger partial charge in [-0.1, -0.05) is 20.8 Å². The molecule has 4 nitrogen and oxygen atoms in total. The summed E-state index contributed by atoms with van der Waals surface area (Å²) in [6.45, 7) is 7.48. The van der Waals surface area contributed by atoms with Crippen LogP contribution in [0.1, 0.15) is 53.4 Å². The maximum absolute atomic E-state index is 11.7. The zero-order valence-electron chi connectivity index (χ0n) is 11.7. The molecular weight excluding hydrogens is 232 g/mol. The molecule has 1 aliphatic rings. The fraction of sp³-hybridized carbons (Fsp3) is 0.857. The third kappa shape index (κ3) is 2.85. The van der Waals surface area contributed by atoms with E-state index in [2.05, 4.69) is 13.8 Å². The monoisotopic (exact) mass is 256 g/mol. The van der Waals surface area contributed by atoms with Crippen LogP contribution in [0, 0.1) is 17.3 Å². The molecule has 0 spiro atoms. The summed E-state index contributed by atoms with van der Waals surface area (Å²) < 4.78 is 5.27. The lowest BCUT2D eigenvalue weighted by Gasteiger charge is -2.37. The normalized spacial score (nSPS) is 29.3. The van der Waals surface area contributed by atoms with E-state index in [-0.39, 0.29) is 11.9 Å². The summed E-state index contributed by atoms with van der Waals surface area (Å²) in [6.07, 6.45) is 2.44. The van der Waals surface area contributed by atoms with Gasteiger partial charge in [0.05, 0.1) is 0 Å². The van der Waals surface area contributed by atoms with Crippen molar-refractivity contribution in [2.75, 3.05) is 0 Å². The van der Waals surface area contributed by atoms with Gasteiger partial charge in [-0.15, -0.1) is 0 Å². The third-order valence-electron chi connectivity index (χ3n) is 4.04. The van der Waals surface area contributed by atoms with Gasteiger partial charge in [-0.25, -0.2) is 0 Å². The van der Waals surface area contributed by atoms with E-state index >= 15 is 0 Å². The largest absolute Gasteiger partial charge is 0.481 e. The van der Waals surface area contributed by atoms with Crippen LogP contribution in [0.5, 0.6) is 0 Å². The Morgan fingerprint density at radius 2 is 2.00 bits per heavy atom. The first-order valence-corrected chi connectivity index (χ1v) is 6.71.